The van der Waals surface area contributed by atoms with E-state index >= 15 is 0 Å². The molecule has 1 N–H and O–H groups in total. The van der Waals surface area contributed by atoms with Gasteiger partial charge in [-0.05, 0) is 61.5 Å². The first-order chi connectivity index (χ1) is 14.4. The van der Waals surface area contributed by atoms with Crippen molar-refractivity contribution in [2.75, 3.05) is 29.9 Å². The number of hydrogen-bond acceptors (Lipinski definition) is 5. The Balaban J connectivity index is 1.68. The van der Waals surface area contributed by atoms with Crippen LogP contribution in [-0.4, -0.2) is 41.6 Å². The monoisotopic (exact) mass is 443 g/mol. The van der Waals surface area contributed by atoms with E-state index in [-0.39, 0.29) is 6.54 Å². The molecule has 0 atom stereocenters. The van der Waals surface area contributed by atoms with Gasteiger partial charge >= 0.3 is 0 Å². The van der Waals surface area contributed by atoms with Gasteiger partial charge in [0.1, 0.15) is 6.54 Å². The van der Waals surface area contributed by atoms with E-state index in [9.17, 15) is 14.4 Å². The van der Waals surface area contributed by atoms with Gasteiger partial charge in [-0.25, -0.2) is 0 Å². The molecule has 0 radical (unpaired) electrons. The van der Waals surface area contributed by atoms with Crippen molar-refractivity contribution in [3.63, 3.8) is 0 Å². The maximum absolute atomic E-state index is 12.6. The summed E-state index contributed by atoms with van der Waals surface area (Å²) in [6.07, 6.45) is 1.67. The lowest BCUT2D eigenvalue weighted by Gasteiger charge is -2.20. The van der Waals surface area contributed by atoms with Crippen molar-refractivity contribution < 1.29 is 14.4 Å². The summed E-state index contributed by atoms with van der Waals surface area (Å²) >= 11 is 6.86. The molecule has 1 aliphatic heterocycles. The molecule has 0 aliphatic carbocycles. The van der Waals surface area contributed by atoms with Gasteiger partial charge in [-0.3, -0.25) is 19.3 Å². The van der Waals surface area contributed by atoms with E-state index in [1.165, 1.54) is 0 Å². The van der Waals surface area contributed by atoms with Gasteiger partial charge in [0.05, 0.1) is 15.6 Å². The highest BCUT2D eigenvalue weighted by molar-refractivity contribution is 8.18. The Morgan fingerprint density at radius 3 is 2.40 bits per heavy atom. The Hall–Kier alpha value is -2.77. The van der Waals surface area contributed by atoms with E-state index in [4.69, 9.17) is 11.6 Å². The van der Waals surface area contributed by atoms with Crippen LogP contribution in [0.25, 0.3) is 6.08 Å². The van der Waals surface area contributed by atoms with Gasteiger partial charge in [0, 0.05) is 18.8 Å². The van der Waals surface area contributed by atoms with Crippen LogP contribution in [-0.2, 0) is 9.59 Å². The average Bonchev–Trinajstić information content (AvgIpc) is 2.99. The third kappa shape index (κ3) is 5.04. The number of imide groups is 1. The summed E-state index contributed by atoms with van der Waals surface area (Å²) in [5.74, 6) is -0.970. The number of anilines is 2. The summed E-state index contributed by atoms with van der Waals surface area (Å²) in [7, 11) is 0. The number of rotatable bonds is 7. The highest BCUT2D eigenvalue weighted by atomic mass is 35.5. The van der Waals surface area contributed by atoms with Crippen LogP contribution in [0.2, 0.25) is 5.02 Å². The molecule has 0 bridgehead atoms. The minimum atomic E-state index is -0.491. The molecule has 0 spiro atoms. The van der Waals surface area contributed by atoms with Crippen molar-refractivity contribution >= 4 is 57.9 Å². The van der Waals surface area contributed by atoms with Crippen molar-refractivity contribution in [2.24, 2.45) is 0 Å². The molecule has 3 rings (SSSR count). The normalized spacial score (nSPS) is 15.0. The number of nitrogens with zero attached hydrogens (tertiary/aromatic N) is 2. The van der Waals surface area contributed by atoms with E-state index in [2.05, 4.69) is 24.1 Å². The molecule has 8 heteroatoms. The second kappa shape index (κ2) is 9.82. The maximum Gasteiger partial charge on any atom is 0.294 e. The maximum atomic E-state index is 12.6. The Bertz CT molecular complexity index is 987. The number of benzene rings is 2. The molecule has 1 aliphatic rings. The Kier molecular flexibility index (Phi) is 7.18. The van der Waals surface area contributed by atoms with Crippen LogP contribution < -0.4 is 10.2 Å². The van der Waals surface area contributed by atoms with E-state index in [0.717, 1.165) is 41.0 Å². The summed E-state index contributed by atoms with van der Waals surface area (Å²) < 4.78 is 0. The summed E-state index contributed by atoms with van der Waals surface area (Å²) in [5.41, 5.74) is 2.35. The first-order valence-corrected chi connectivity index (χ1v) is 10.8. The summed E-state index contributed by atoms with van der Waals surface area (Å²) in [6, 6.07) is 14.6. The average molecular weight is 444 g/mol. The highest BCUT2D eigenvalue weighted by Gasteiger charge is 2.36. The minimum Gasteiger partial charge on any atom is -0.372 e. The Morgan fingerprint density at radius 1 is 1.10 bits per heavy atom. The minimum absolute atomic E-state index is 0.293. The van der Waals surface area contributed by atoms with E-state index < -0.39 is 17.1 Å². The molecule has 3 amide bonds. The second-order valence-electron chi connectivity index (χ2n) is 6.56. The van der Waals surface area contributed by atoms with Gasteiger partial charge < -0.3 is 10.2 Å². The molecule has 1 fully saturated rings. The van der Waals surface area contributed by atoms with Crippen molar-refractivity contribution in [1.29, 1.82) is 0 Å². The molecule has 2 aromatic carbocycles. The number of carbonyl (C=O) groups excluding carboxylic acids is 3. The van der Waals surface area contributed by atoms with Crippen LogP contribution in [0.15, 0.2) is 53.4 Å². The third-order valence-electron chi connectivity index (χ3n) is 4.64. The van der Waals surface area contributed by atoms with Crippen LogP contribution in [0, 0.1) is 0 Å². The fourth-order valence-corrected chi connectivity index (χ4v) is 4.07. The van der Waals surface area contributed by atoms with Crippen LogP contribution in [0.1, 0.15) is 19.4 Å². The molecule has 0 saturated carbocycles. The van der Waals surface area contributed by atoms with E-state index in [1.54, 1.807) is 30.3 Å². The predicted octanol–water partition coefficient (Wildman–Crippen LogP) is 4.86. The van der Waals surface area contributed by atoms with Gasteiger partial charge in [0.2, 0.25) is 5.91 Å². The predicted molar refractivity (Wildman–Crippen MR) is 123 cm³/mol. The van der Waals surface area contributed by atoms with Crippen molar-refractivity contribution in [2.45, 2.75) is 13.8 Å². The molecule has 0 aromatic heterocycles. The van der Waals surface area contributed by atoms with E-state index in [1.807, 2.05) is 24.3 Å². The SMILES string of the molecule is CCN(CC)c1ccc(/C=C2/SC(=O)N(CC(=O)Nc3ccccc3Cl)C2=O)cc1. The standard InChI is InChI=1S/C22H22ClN3O3S/c1-3-25(4-2)16-11-9-15(10-12-16)13-19-21(28)26(22(29)30-19)14-20(27)24-18-8-6-5-7-17(18)23/h5-13H,3-4,14H2,1-2H3,(H,24,27)/b19-13+. The molecular formula is C22H22ClN3O3S. The summed E-state index contributed by atoms with van der Waals surface area (Å²) in [5, 5.41) is 2.53. The number of amides is 3. The third-order valence-corrected chi connectivity index (χ3v) is 5.88. The summed E-state index contributed by atoms with van der Waals surface area (Å²) in [6.45, 7) is 5.63. The van der Waals surface area contributed by atoms with Crippen LogP contribution in [0.5, 0.6) is 0 Å². The second-order valence-corrected chi connectivity index (χ2v) is 7.96. The zero-order chi connectivity index (χ0) is 21.7. The molecule has 6 nitrogen and oxygen atoms in total. The lowest BCUT2D eigenvalue weighted by atomic mass is 10.1. The molecule has 0 unspecified atom stereocenters. The van der Waals surface area contributed by atoms with Crippen LogP contribution in [0.3, 0.4) is 0 Å². The zero-order valence-electron chi connectivity index (χ0n) is 16.7. The van der Waals surface area contributed by atoms with Gasteiger partial charge in [-0.1, -0.05) is 35.9 Å². The number of halogens is 1. The van der Waals surface area contributed by atoms with Gasteiger partial charge in [-0.2, -0.15) is 0 Å². The topological polar surface area (TPSA) is 69.7 Å². The molecule has 1 heterocycles. The number of para-hydroxylation sites is 1. The summed E-state index contributed by atoms with van der Waals surface area (Å²) in [4.78, 5) is 40.7. The number of hydrogen-bond donors (Lipinski definition) is 1. The lowest BCUT2D eigenvalue weighted by Crippen LogP contribution is -2.36. The smallest absolute Gasteiger partial charge is 0.294 e. The number of carbonyl (C=O) groups is 3. The van der Waals surface area contributed by atoms with Gasteiger partial charge in [-0.15, -0.1) is 0 Å². The molecule has 156 valence electrons. The van der Waals surface area contributed by atoms with Crippen LogP contribution in [0.4, 0.5) is 16.2 Å². The van der Waals surface area contributed by atoms with Crippen LogP contribution >= 0.6 is 23.4 Å². The van der Waals surface area contributed by atoms with Gasteiger partial charge in [0.25, 0.3) is 11.1 Å². The number of nitrogens with one attached hydrogen (secondary N) is 1. The Morgan fingerprint density at radius 2 is 1.77 bits per heavy atom. The van der Waals surface area contributed by atoms with Gasteiger partial charge in [0.15, 0.2) is 0 Å². The largest absolute Gasteiger partial charge is 0.372 e. The molecule has 1 saturated heterocycles. The quantitative estimate of drug-likeness (QED) is 0.619. The van der Waals surface area contributed by atoms with Crippen molar-refractivity contribution in [3.05, 3.63) is 64.0 Å². The Labute approximate surface area is 184 Å². The van der Waals surface area contributed by atoms with Crippen molar-refractivity contribution in [3.8, 4) is 0 Å². The first-order valence-electron chi connectivity index (χ1n) is 9.57. The molecule has 2 aromatic rings. The zero-order valence-corrected chi connectivity index (χ0v) is 18.3. The lowest BCUT2D eigenvalue weighted by molar-refractivity contribution is -0.127. The molecular weight excluding hydrogens is 422 g/mol. The highest BCUT2D eigenvalue weighted by Crippen LogP contribution is 2.32. The molecule has 30 heavy (non-hydrogen) atoms. The van der Waals surface area contributed by atoms with E-state index in [0.29, 0.717) is 15.6 Å². The van der Waals surface area contributed by atoms with Crippen molar-refractivity contribution in [1.82, 2.24) is 4.90 Å². The first kappa shape index (κ1) is 21.9. The fraction of sp³-hybridized carbons (Fsp3) is 0.227. The number of thioether (sulfide) groups is 1. The fourth-order valence-electron chi connectivity index (χ4n) is 3.05.